The topological polar surface area (TPSA) is 17.1 Å². The van der Waals surface area contributed by atoms with Crippen molar-refractivity contribution in [1.82, 2.24) is 0 Å². The van der Waals surface area contributed by atoms with Crippen LogP contribution in [0.3, 0.4) is 0 Å². The molecule has 1 nitrogen and oxygen atoms in total. The molecule has 0 bridgehead atoms. The molecule has 0 saturated heterocycles. The van der Waals surface area contributed by atoms with Gasteiger partial charge in [-0.2, -0.15) is 0 Å². The SMILES string of the molecule is Cc1cc(C(=O)Cc2ccc(F)cc2)c(Cl)cc1F. The summed E-state index contributed by atoms with van der Waals surface area (Å²) in [6.45, 7) is 1.57. The molecule has 0 aliphatic rings. The molecule has 0 amide bonds. The van der Waals surface area contributed by atoms with Crippen molar-refractivity contribution in [3.8, 4) is 0 Å². The highest BCUT2D eigenvalue weighted by atomic mass is 35.5. The number of aryl methyl sites for hydroxylation is 1. The van der Waals surface area contributed by atoms with E-state index in [4.69, 9.17) is 11.6 Å². The fourth-order valence-corrected chi connectivity index (χ4v) is 2.01. The largest absolute Gasteiger partial charge is 0.294 e. The molecular weight excluding hydrogens is 270 g/mol. The predicted molar refractivity (Wildman–Crippen MR) is 70.6 cm³/mol. The number of Topliss-reactive ketones (excluding diaryl/α,β-unsaturated/α-hetero) is 1. The van der Waals surface area contributed by atoms with Crippen LogP contribution in [0.1, 0.15) is 21.5 Å². The molecule has 2 aromatic carbocycles. The normalized spacial score (nSPS) is 10.5. The Bertz CT molecular complexity index is 621. The van der Waals surface area contributed by atoms with Crippen LogP contribution in [0.5, 0.6) is 0 Å². The summed E-state index contributed by atoms with van der Waals surface area (Å²) in [6.07, 6.45) is 0.102. The Kier molecular flexibility index (Phi) is 3.96. The molecule has 0 N–H and O–H groups in total. The van der Waals surface area contributed by atoms with Gasteiger partial charge in [0.05, 0.1) is 5.02 Å². The average Bonchev–Trinajstić information content (AvgIpc) is 2.36. The molecule has 0 radical (unpaired) electrons. The van der Waals surface area contributed by atoms with E-state index in [1.54, 1.807) is 6.92 Å². The summed E-state index contributed by atoms with van der Waals surface area (Å²) < 4.78 is 26.0. The van der Waals surface area contributed by atoms with Crippen molar-refractivity contribution in [2.24, 2.45) is 0 Å². The van der Waals surface area contributed by atoms with Crippen LogP contribution in [0.15, 0.2) is 36.4 Å². The van der Waals surface area contributed by atoms with Gasteiger partial charge in [0, 0.05) is 12.0 Å². The lowest BCUT2D eigenvalue weighted by molar-refractivity contribution is 0.0993. The third-order valence-electron chi connectivity index (χ3n) is 2.83. The molecule has 0 heterocycles. The van der Waals surface area contributed by atoms with Gasteiger partial charge < -0.3 is 0 Å². The second kappa shape index (κ2) is 5.49. The molecule has 2 aromatic rings. The quantitative estimate of drug-likeness (QED) is 0.764. The summed E-state index contributed by atoms with van der Waals surface area (Å²) in [5, 5.41) is 0.0928. The molecule has 0 spiro atoms. The van der Waals surface area contributed by atoms with E-state index in [-0.39, 0.29) is 28.6 Å². The zero-order valence-corrected chi connectivity index (χ0v) is 11.0. The number of ketones is 1. The van der Waals surface area contributed by atoms with Crippen molar-refractivity contribution in [2.75, 3.05) is 0 Å². The number of halogens is 3. The number of hydrogen-bond acceptors (Lipinski definition) is 1. The van der Waals surface area contributed by atoms with Gasteiger partial charge in [0.25, 0.3) is 0 Å². The van der Waals surface area contributed by atoms with E-state index >= 15 is 0 Å². The fourth-order valence-electron chi connectivity index (χ4n) is 1.75. The van der Waals surface area contributed by atoms with Gasteiger partial charge >= 0.3 is 0 Å². The molecule has 0 aromatic heterocycles. The maximum Gasteiger partial charge on any atom is 0.168 e. The number of benzene rings is 2. The zero-order chi connectivity index (χ0) is 14.0. The van der Waals surface area contributed by atoms with Crippen LogP contribution in [0.4, 0.5) is 8.78 Å². The second-order valence-electron chi connectivity index (χ2n) is 4.31. The molecule has 98 valence electrons. The van der Waals surface area contributed by atoms with E-state index in [9.17, 15) is 13.6 Å². The zero-order valence-electron chi connectivity index (χ0n) is 10.2. The molecule has 0 aliphatic carbocycles. The fraction of sp³-hybridized carbons (Fsp3) is 0.133. The maximum atomic E-state index is 13.3. The van der Waals surface area contributed by atoms with Gasteiger partial charge in [0.15, 0.2) is 5.78 Å². The van der Waals surface area contributed by atoms with E-state index in [2.05, 4.69) is 0 Å². The smallest absolute Gasteiger partial charge is 0.168 e. The summed E-state index contributed by atoms with van der Waals surface area (Å²) in [7, 11) is 0. The van der Waals surface area contributed by atoms with E-state index in [1.807, 2.05) is 0 Å². The van der Waals surface area contributed by atoms with Gasteiger partial charge in [0.1, 0.15) is 11.6 Å². The third kappa shape index (κ3) is 3.18. The summed E-state index contributed by atoms with van der Waals surface area (Å²) in [4.78, 5) is 12.1. The molecule has 0 unspecified atom stereocenters. The first-order chi connectivity index (χ1) is 8.97. The minimum atomic E-state index is -0.441. The molecular formula is C15H11ClF2O. The van der Waals surface area contributed by atoms with Crippen molar-refractivity contribution in [1.29, 1.82) is 0 Å². The number of carbonyl (C=O) groups excluding carboxylic acids is 1. The highest BCUT2D eigenvalue weighted by molar-refractivity contribution is 6.34. The van der Waals surface area contributed by atoms with Crippen LogP contribution in [-0.4, -0.2) is 5.78 Å². The van der Waals surface area contributed by atoms with Crippen LogP contribution < -0.4 is 0 Å². The Morgan fingerprint density at radius 2 is 1.79 bits per heavy atom. The number of rotatable bonds is 3. The predicted octanol–water partition coefficient (Wildman–Crippen LogP) is 4.35. The number of hydrogen-bond donors (Lipinski definition) is 0. The summed E-state index contributed by atoms with van der Waals surface area (Å²) in [5.41, 5.74) is 1.33. The lowest BCUT2D eigenvalue weighted by Gasteiger charge is -2.06. The lowest BCUT2D eigenvalue weighted by atomic mass is 10.0. The maximum absolute atomic E-state index is 13.3. The third-order valence-corrected chi connectivity index (χ3v) is 3.14. The summed E-state index contributed by atoms with van der Waals surface area (Å²) >= 11 is 5.87. The first kappa shape index (κ1) is 13.7. The molecule has 0 atom stereocenters. The highest BCUT2D eigenvalue weighted by Crippen LogP contribution is 2.22. The van der Waals surface area contributed by atoms with Crippen molar-refractivity contribution in [3.63, 3.8) is 0 Å². The standard InChI is InChI=1S/C15H11ClF2O/c1-9-6-12(13(16)8-14(9)18)15(19)7-10-2-4-11(17)5-3-10/h2-6,8H,7H2,1H3. The number of carbonyl (C=O) groups is 1. The first-order valence-corrected chi connectivity index (χ1v) is 6.08. The van der Waals surface area contributed by atoms with Crippen LogP contribution in [-0.2, 0) is 6.42 Å². The Balaban J connectivity index is 2.25. The van der Waals surface area contributed by atoms with Crippen LogP contribution in [0.25, 0.3) is 0 Å². The molecule has 0 fully saturated rings. The Morgan fingerprint density at radius 1 is 1.16 bits per heavy atom. The van der Waals surface area contributed by atoms with E-state index in [0.717, 1.165) is 6.07 Å². The van der Waals surface area contributed by atoms with E-state index in [0.29, 0.717) is 11.1 Å². The lowest BCUT2D eigenvalue weighted by Crippen LogP contribution is -2.05. The van der Waals surface area contributed by atoms with E-state index in [1.165, 1.54) is 30.3 Å². The van der Waals surface area contributed by atoms with Gasteiger partial charge in [-0.15, -0.1) is 0 Å². The minimum absolute atomic E-state index is 0.0928. The second-order valence-corrected chi connectivity index (χ2v) is 4.71. The van der Waals surface area contributed by atoms with Crippen LogP contribution >= 0.6 is 11.6 Å². The first-order valence-electron chi connectivity index (χ1n) is 5.70. The van der Waals surface area contributed by atoms with Gasteiger partial charge in [-0.05, 0) is 42.3 Å². The van der Waals surface area contributed by atoms with Crippen molar-refractivity contribution < 1.29 is 13.6 Å². The van der Waals surface area contributed by atoms with Gasteiger partial charge in [-0.25, -0.2) is 8.78 Å². The van der Waals surface area contributed by atoms with Gasteiger partial charge in [0.2, 0.25) is 0 Å². The molecule has 19 heavy (non-hydrogen) atoms. The summed E-state index contributed by atoms with van der Waals surface area (Å²) in [6, 6.07) is 8.23. The van der Waals surface area contributed by atoms with Crippen LogP contribution in [0, 0.1) is 18.6 Å². The molecule has 0 aliphatic heterocycles. The van der Waals surface area contributed by atoms with Crippen molar-refractivity contribution in [2.45, 2.75) is 13.3 Å². The average molecular weight is 281 g/mol. The molecule has 0 saturated carbocycles. The van der Waals surface area contributed by atoms with E-state index < -0.39 is 5.82 Å². The Labute approximate surface area is 114 Å². The van der Waals surface area contributed by atoms with Crippen molar-refractivity contribution in [3.05, 3.63) is 69.7 Å². The van der Waals surface area contributed by atoms with Crippen LogP contribution in [0.2, 0.25) is 5.02 Å². The van der Waals surface area contributed by atoms with Gasteiger partial charge in [-0.3, -0.25) is 4.79 Å². The summed E-state index contributed by atoms with van der Waals surface area (Å²) in [5.74, 6) is -1.02. The highest BCUT2D eigenvalue weighted by Gasteiger charge is 2.13. The molecule has 4 heteroatoms. The van der Waals surface area contributed by atoms with Gasteiger partial charge in [-0.1, -0.05) is 23.7 Å². The Morgan fingerprint density at radius 3 is 2.42 bits per heavy atom. The minimum Gasteiger partial charge on any atom is -0.294 e. The monoisotopic (exact) mass is 280 g/mol. The molecule has 2 rings (SSSR count). The Hall–Kier alpha value is -1.74. The van der Waals surface area contributed by atoms with Crippen molar-refractivity contribution >= 4 is 17.4 Å².